The molecule has 2 aromatic rings. The molecular weight excluding hydrogens is 260 g/mol. The Bertz CT molecular complexity index is 570. The zero-order chi connectivity index (χ0) is 13.7. The van der Waals surface area contributed by atoms with Gasteiger partial charge in [0.2, 0.25) is 0 Å². The van der Waals surface area contributed by atoms with E-state index >= 15 is 0 Å². The third kappa shape index (κ3) is 3.81. The van der Waals surface area contributed by atoms with Gasteiger partial charge in [-0.3, -0.25) is 5.41 Å². The van der Waals surface area contributed by atoms with Gasteiger partial charge in [0.25, 0.3) is 0 Å². The average molecular weight is 275 g/mol. The molecule has 0 heterocycles. The number of nitrogen functional groups attached to an aromatic ring is 1. The summed E-state index contributed by atoms with van der Waals surface area (Å²) in [5, 5.41) is 7.91. The topological polar surface area (TPSA) is 59.1 Å². The van der Waals surface area contributed by atoms with Crippen LogP contribution in [0.25, 0.3) is 0 Å². The van der Waals surface area contributed by atoms with E-state index in [1.165, 1.54) is 0 Å². The molecule has 0 bridgehead atoms. The Morgan fingerprint density at radius 3 is 2.47 bits per heavy atom. The molecule has 0 saturated carbocycles. The highest BCUT2D eigenvalue weighted by Crippen LogP contribution is 2.19. The third-order valence-electron chi connectivity index (χ3n) is 2.73. The lowest BCUT2D eigenvalue weighted by Crippen LogP contribution is -2.11. The Balaban J connectivity index is 1.95. The minimum atomic E-state index is 0.0126. The van der Waals surface area contributed by atoms with E-state index in [0.717, 1.165) is 11.1 Å². The van der Waals surface area contributed by atoms with Crippen molar-refractivity contribution >= 4 is 17.4 Å². The lowest BCUT2D eigenvalue weighted by molar-refractivity contribution is 0.107. The minimum Gasteiger partial charge on any atom is -0.384 e. The molecule has 0 atom stereocenters. The number of hydrogen-bond donors (Lipinski definition) is 2. The van der Waals surface area contributed by atoms with E-state index < -0.39 is 0 Å². The number of nitrogens with two attached hydrogens (primary N) is 1. The van der Waals surface area contributed by atoms with Gasteiger partial charge in [0.1, 0.15) is 5.84 Å². The van der Waals surface area contributed by atoms with Crippen molar-refractivity contribution in [2.75, 3.05) is 0 Å². The molecule has 0 aliphatic carbocycles. The molecule has 0 aliphatic heterocycles. The van der Waals surface area contributed by atoms with Gasteiger partial charge in [0.15, 0.2) is 0 Å². The maximum Gasteiger partial charge on any atom is 0.122 e. The van der Waals surface area contributed by atoms with Crippen molar-refractivity contribution in [1.82, 2.24) is 0 Å². The molecule has 2 rings (SSSR count). The summed E-state index contributed by atoms with van der Waals surface area (Å²) in [4.78, 5) is 0. The largest absolute Gasteiger partial charge is 0.384 e. The van der Waals surface area contributed by atoms with Crippen LogP contribution < -0.4 is 5.73 Å². The fourth-order valence-corrected chi connectivity index (χ4v) is 1.92. The minimum absolute atomic E-state index is 0.0126. The Morgan fingerprint density at radius 1 is 1.11 bits per heavy atom. The lowest BCUT2D eigenvalue weighted by atomic mass is 10.1. The number of hydrogen-bond acceptors (Lipinski definition) is 2. The van der Waals surface area contributed by atoms with Gasteiger partial charge < -0.3 is 10.5 Å². The highest BCUT2D eigenvalue weighted by atomic mass is 35.5. The highest BCUT2D eigenvalue weighted by Gasteiger charge is 2.04. The summed E-state index contributed by atoms with van der Waals surface area (Å²) in [6.45, 7) is 0.984. The predicted octanol–water partition coefficient (Wildman–Crippen LogP) is 3.34. The number of halogens is 1. The van der Waals surface area contributed by atoms with Gasteiger partial charge in [-0.05, 0) is 17.2 Å². The molecule has 0 unspecified atom stereocenters. The van der Waals surface area contributed by atoms with Gasteiger partial charge in [0.05, 0.1) is 13.2 Å². The number of nitrogens with one attached hydrogen (secondary N) is 1. The van der Waals surface area contributed by atoms with Crippen LogP contribution in [0.4, 0.5) is 0 Å². The standard InChI is InChI=1S/C15H15ClN2O/c16-14-8-12(15(17)18)6-7-13(14)10-19-9-11-4-2-1-3-5-11/h1-8H,9-10H2,(H3,17,18). The lowest BCUT2D eigenvalue weighted by Gasteiger charge is -2.08. The van der Waals surface area contributed by atoms with E-state index in [2.05, 4.69) is 0 Å². The summed E-state index contributed by atoms with van der Waals surface area (Å²) in [5.41, 5.74) is 8.04. The normalized spacial score (nSPS) is 10.4. The van der Waals surface area contributed by atoms with Crippen LogP contribution in [-0.2, 0) is 18.0 Å². The molecule has 4 heteroatoms. The maximum absolute atomic E-state index is 7.34. The van der Waals surface area contributed by atoms with Gasteiger partial charge in [0, 0.05) is 10.6 Å². The first-order chi connectivity index (χ1) is 9.16. The van der Waals surface area contributed by atoms with Gasteiger partial charge in [-0.15, -0.1) is 0 Å². The zero-order valence-electron chi connectivity index (χ0n) is 10.4. The molecule has 98 valence electrons. The molecule has 2 aromatic carbocycles. The second-order valence-electron chi connectivity index (χ2n) is 4.20. The van der Waals surface area contributed by atoms with E-state index in [1.54, 1.807) is 12.1 Å². The number of rotatable bonds is 5. The molecule has 3 N–H and O–H groups in total. The first-order valence-electron chi connectivity index (χ1n) is 5.91. The van der Waals surface area contributed by atoms with Crippen molar-refractivity contribution in [2.24, 2.45) is 5.73 Å². The molecule has 0 saturated heterocycles. The van der Waals surface area contributed by atoms with E-state index in [1.807, 2.05) is 36.4 Å². The molecule has 0 spiro atoms. The van der Waals surface area contributed by atoms with Crippen molar-refractivity contribution in [1.29, 1.82) is 5.41 Å². The number of amidine groups is 1. The summed E-state index contributed by atoms with van der Waals surface area (Å²) in [6, 6.07) is 15.3. The number of benzene rings is 2. The third-order valence-corrected chi connectivity index (χ3v) is 3.09. The monoisotopic (exact) mass is 274 g/mol. The molecule has 0 aromatic heterocycles. The summed E-state index contributed by atoms with van der Waals surface area (Å²) in [5.74, 6) is 0.0126. The molecule has 3 nitrogen and oxygen atoms in total. The maximum atomic E-state index is 7.34. The highest BCUT2D eigenvalue weighted by molar-refractivity contribution is 6.31. The van der Waals surface area contributed by atoms with Crippen LogP contribution in [0.1, 0.15) is 16.7 Å². The quantitative estimate of drug-likeness (QED) is 0.649. The van der Waals surface area contributed by atoms with Crippen LogP contribution in [0.3, 0.4) is 0 Å². The van der Waals surface area contributed by atoms with Crippen molar-refractivity contribution in [3.63, 3.8) is 0 Å². The summed E-state index contributed by atoms with van der Waals surface area (Å²) in [6.07, 6.45) is 0. The number of ether oxygens (including phenoxy) is 1. The molecule has 0 fully saturated rings. The molecule has 0 amide bonds. The Morgan fingerprint density at radius 2 is 1.84 bits per heavy atom. The van der Waals surface area contributed by atoms with E-state index in [4.69, 9.17) is 27.5 Å². The summed E-state index contributed by atoms with van der Waals surface area (Å²) < 4.78 is 5.62. The van der Waals surface area contributed by atoms with Crippen molar-refractivity contribution < 1.29 is 4.74 Å². The van der Waals surface area contributed by atoms with E-state index in [9.17, 15) is 0 Å². The first kappa shape index (κ1) is 13.6. The van der Waals surface area contributed by atoms with Crippen LogP contribution >= 0.6 is 11.6 Å². The van der Waals surface area contributed by atoms with Crippen molar-refractivity contribution in [3.05, 3.63) is 70.2 Å². The Kier molecular flexibility index (Phi) is 4.55. The van der Waals surface area contributed by atoms with Crippen LogP contribution in [0.15, 0.2) is 48.5 Å². The molecular formula is C15H15ClN2O. The molecule has 0 aliphatic rings. The Hall–Kier alpha value is -1.84. The first-order valence-corrected chi connectivity index (χ1v) is 6.29. The van der Waals surface area contributed by atoms with Crippen molar-refractivity contribution in [3.8, 4) is 0 Å². The SMILES string of the molecule is N=C(N)c1ccc(COCc2ccccc2)c(Cl)c1. The van der Waals surface area contributed by atoms with Gasteiger partial charge >= 0.3 is 0 Å². The van der Waals surface area contributed by atoms with E-state index in [0.29, 0.717) is 23.8 Å². The fourth-order valence-electron chi connectivity index (χ4n) is 1.68. The predicted molar refractivity (Wildman–Crippen MR) is 77.4 cm³/mol. The average Bonchev–Trinajstić information content (AvgIpc) is 2.41. The van der Waals surface area contributed by atoms with Gasteiger partial charge in [-0.25, -0.2) is 0 Å². The van der Waals surface area contributed by atoms with Crippen LogP contribution in [0.2, 0.25) is 5.02 Å². The Labute approximate surface area is 117 Å². The molecule has 0 radical (unpaired) electrons. The second kappa shape index (κ2) is 6.36. The van der Waals surface area contributed by atoms with Crippen LogP contribution in [0.5, 0.6) is 0 Å². The van der Waals surface area contributed by atoms with Gasteiger partial charge in [-0.2, -0.15) is 0 Å². The summed E-state index contributed by atoms with van der Waals surface area (Å²) >= 11 is 6.12. The van der Waals surface area contributed by atoms with Gasteiger partial charge in [-0.1, -0.05) is 54.1 Å². The zero-order valence-corrected chi connectivity index (χ0v) is 11.2. The van der Waals surface area contributed by atoms with E-state index in [-0.39, 0.29) is 5.84 Å². The summed E-state index contributed by atoms with van der Waals surface area (Å²) in [7, 11) is 0. The smallest absolute Gasteiger partial charge is 0.122 e. The van der Waals surface area contributed by atoms with Crippen molar-refractivity contribution in [2.45, 2.75) is 13.2 Å². The fraction of sp³-hybridized carbons (Fsp3) is 0.133. The van der Waals surface area contributed by atoms with Crippen LogP contribution in [-0.4, -0.2) is 5.84 Å². The second-order valence-corrected chi connectivity index (χ2v) is 4.61. The van der Waals surface area contributed by atoms with Crippen LogP contribution in [0, 0.1) is 5.41 Å². The molecule has 19 heavy (non-hydrogen) atoms.